The minimum absolute atomic E-state index is 0.109. The SMILES string of the molecule is CC(=O)c1cnc(N2CCSCC2C)s1. The topological polar surface area (TPSA) is 33.2 Å². The monoisotopic (exact) mass is 242 g/mol. The van der Waals surface area contributed by atoms with Crippen LogP contribution in [0.4, 0.5) is 5.13 Å². The fourth-order valence-electron chi connectivity index (χ4n) is 1.57. The van der Waals surface area contributed by atoms with Gasteiger partial charge in [0.05, 0.1) is 11.1 Å². The van der Waals surface area contributed by atoms with Crippen LogP contribution in [0.1, 0.15) is 23.5 Å². The van der Waals surface area contributed by atoms with Crippen LogP contribution in [-0.4, -0.2) is 34.9 Å². The van der Waals surface area contributed by atoms with E-state index in [-0.39, 0.29) is 5.78 Å². The molecule has 0 aliphatic carbocycles. The molecule has 0 saturated carbocycles. The van der Waals surface area contributed by atoms with Gasteiger partial charge >= 0.3 is 0 Å². The first-order valence-corrected chi connectivity index (χ1v) is 6.97. The largest absolute Gasteiger partial charge is 0.344 e. The van der Waals surface area contributed by atoms with Gasteiger partial charge in [-0.05, 0) is 6.92 Å². The minimum atomic E-state index is 0.109. The maximum atomic E-state index is 11.2. The van der Waals surface area contributed by atoms with Crippen molar-refractivity contribution in [1.29, 1.82) is 0 Å². The van der Waals surface area contributed by atoms with Crippen molar-refractivity contribution in [2.24, 2.45) is 0 Å². The van der Waals surface area contributed by atoms with Crippen LogP contribution < -0.4 is 4.90 Å². The van der Waals surface area contributed by atoms with Gasteiger partial charge in [-0.2, -0.15) is 11.8 Å². The van der Waals surface area contributed by atoms with E-state index in [4.69, 9.17) is 0 Å². The highest BCUT2D eigenvalue weighted by molar-refractivity contribution is 7.99. The predicted molar refractivity (Wildman–Crippen MR) is 66.3 cm³/mol. The van der Waals surface area contributed by atoms with Gasteiger partial charge in [0.15, 0.2) is 10.9 Å². The minimum Gasteiger partial charge on any atom is -0.344 e. The number of rotatable bonds is 2. The van der Waals surface area contributed by atoms with Crippen molar-refractivity contribution in [1.82, 2.24) is 4.98 Å². The van der Waals surface area contributed by atoms with Gasteiger partial charge in [-0.1, -0.05) is 11.3 Å². The number of carbonyl (C=O) groups is 1. The predicted octanol–water partition coefficient (Wildman–Crippen LogP) is 2.29. The van der Waals surface area contributed by atoms with Gasteiger partial charge in [0.1, 0.15) is 0 Å². The first kappa shape index (κ1) is 11.0. The molecule has 1 aromatic rings. The molecule has 1 aromatic heterocycles. The molecule has 0 amide bonds. The summed E-state index contributed by atoms with van der Waals surface area (Å²) in [6.07, 6.45) is 1.69. The van der Waals surface area contributed by atoms with Gasteiger partial charge in [-0.15, -0.1) is 0 Å². The van der Waals surface area contributed by atoms with Crippen LogP contribution in [0.5, 0.6) is 0 Å². The average molecular weight is 242 g/mol. The van der Waals surface area contributed by atoms with E-state index < -0.39 is 0 Å². The highest BCUT2D eigenvalue weighted by atomic mass is 32.2. The van der Waals surface area contributed by atoms with Crippen LogP contribution in [-0.2, 0) is 0 Å². The molecule has 1 aliphatic rings. The Morgan fingerprint density at radius 1 is 1.67 bits per heavy atom. The number of anilines is 1. The number of ketones is 1. The molecule has 15 heavy (non-hydrogen) atoms. The molecule has 0 radical (unpaired) electrons. The van der Waals surface area contributed by atoms with E-state index in [9.17, 15) is 4.79 Å². The van der Waals surface area contributed by atoms with Crippen molar-refractivity contribution in [2.45, 2.75) is 19.9 Å². The van der Waals surface area contributed by atoms with Crippen molar-refractivity contribution < 1.29 is 4.79 Å². The van der Waals surface area contributed by atoms with Gasteiger partial charge in [-0.25, -0.2) is 4.98 Å². The van der Waals surface area contributed by atoms with Crippen LogP contribution in [0.25, 0.3) is 0 Å². The Morgan fingerprint density at radius 2 is 2.47 bits per heavy atom. The highest BCUT2D eigenvalue weighted by Crippen LogP contribution is 2.28. The summed E-state index contributed by atoms with van der Waals surface area (Å²) >= 11 is 3.49. The zero-order valence-electron chi connectivity index (χ0n) is 8.90. The molecule has 1 fully saturated rings. The lowest BCUT2D eigenvalue weighted by atomic mass is 10.3. The third-order valence-electron chi connectivity index (χ3n) is 2.45. The molecule has 1 unspecified atom stereocenters. The third kappa shape index (κ3) is 2.34. The second-order valence-corrected chi connectivity index (χ2v) is 5.84. The number of carbonyl (C=O) groups excluding carboxylic acids is 1. The van der Waals surface area contributed by atoms with Crippen LogP contribution in [0.3, 0.4) is 0 Å². The van der Waals surface area contributed by atoms with Crippen molar-refractivity contribution in [3.63, 3.8) is 0 Å². The van der Waals surface area contributed by atoms with Gasteiger partial charge in [0.2, 0.25) is 0 Å². The van der Waals surface area contributed by atoms with E-state index >= 15 is 0 Å². The van der Waals surface area contributed by atoms with Gasteiger partial charge < -0.3 is 4.90 Å². The molecule has 0 spiro atoms. The lowest BCUT2D eigenvalue weighted by Crippen LogP contribution is -2.40. The normalized spacial score (nSPS) is 21.7. The molecule has 1 atom stereocenters. The summed E-state index contributed by atoms with van der Waals surface area (Å²) < 4.78 is 0. The van der Waals surface area contributed by atoms with Crippen molar-refractivity contribution in [3.8, 4) is 0 Å². The molecule has 0 bridgehead atoms. The van der Waals surface area contributed by atoms with Crippen LogP contribution in [0.15, 0.2) is 6.20 Å². The first-order chi connectivity index (χ1) is 7.18. The Kier molecular flexibility index (Phi) is 3.31. The summed E-state index contributed by atoms with van der Waals surface area (Å²) in [4.78, 5) is 18.6. The molecule has 1 saturated heterocycles. The Hall–Kier alpha value is -0.550. The quantitative estimate of drug-likeness (QED) is 0.745. The van der Waals surface area contributed by atoms with E-state index in [0.717, 1.165) is 28.1 Å². The molecule has 2 heterocycles. The van der Waals surface area contributed by atoms with Crippen LogP contribution in [0, 0.1) is 0 Å². The Morgan fingerprint density at radius 3 is 3.07 bits per heavy atom. The summed E-state index contributed by atoms with van der Waals surface area (Å²) in [5.74, 6) is 2.41. The number of aromatic nitrogens is 1. The van der Waals surface area contributed by atoms with Gasteiger partial charge in [-0.3, -0.25) is 4.79 Å². The lowest BCUT2D eigenvalue weighted by molar-refractivity contribution is 0.102. The molecule has 1 aliphatic heterocycles. The number of nitrogens with zero attached hydrogens (tertiary/aromatic N) is 2. The Balaban J connectivity index is 2.17. The van der Waals surface area contributed by atoms with E-state index in [1.807, 2.05) is 11.8 Å². The summed E-state index contributed by atoms with van der Waals surface area (Å²) in [6, 6.07) is 0.523. The third-order valence-corrected chi connectivity index (χ3v) is 4.78. The van der Waals surface area contributed by atoms with Crippen molar-refractivity contribution in [2.75, 3.05) is 23.0 Å². The first-order valence-electron chi connectivity index (χ1n) is 4.99. The standard InChI is InChI=1S/C10H14N2OS2/c1-7-6-14-4-3-12(7)10-11-5-9(15-10)8(2)13/h5,7H,3-4,6H2,1-2H3. The van der Waals surface area contributed by atoms with E-state index in [1.54, 1.807) is 13.1 Å². The summed E-state index contributed by atoms with van der Waals surface area (Å²) in [7, 11) is 0. The molecule has 2 rings (SSSR count). The fraction of sp³-hybridized carbons (Fsp3) is 0.600. The van der Waals surface area contributed by atoms with E-state index in [0.29, 0.717) is 6.04 Å². The molecular formula is C10H14N2OS2. The summed E-state index contributed by atoms with van der Waals surface area (Å²) in [6.45, 7) is 4.84. The molecule has 82 valence electrons. The molecule has 3 nitrogen and oxygen atoms in total. The van der Waals surface area contributed by atoms with Gasteiger partial charge in [0, 0.05) is 31.0 Å². The van der Waals surface area contributed by atoms with Gasteiger partial charge in [0.25, 0.3) is 0 Å². The van der Waals surface area contributed by atoms with E-state index in [1.165, 1.54) is 11.3 Å². The number of thiazole rings is 1. The Labute approximate surface area is 97.9 Å². The summed E-state index contributed by atoms with van der Waals surface area (Å²) in [5.41, 5.74) is 0. The molecule has 0 N–H and O–H groups in total. The van der Waals surface area contributed by atoms with E-state index in [2.05, 4.69) is 16.8 Å². The fourth-order valence-corrected chi connectivity index (χ4v) is 3.53. The smallest absolute Gasteiger partial charge is 0.186 e. The number of Topliss-reactive ketones (excluding diaryl/α,β-unsaturated/α-hetero) is 1. The number of hydrogen-bond donors (Lipinski definition) is 0. The summed E-state index contributed by atoms with van der Waals surface area (Å²) in [5, 5.41) is 0.994. The second-order valence-electron chi connectivity index (χ2n) is 3.68. The van der Waals surface area contributed by atoms with Crippen LogP contribution in [0.2, 0.25) is 0 Å². The van der Waals surface area contributed by atoms with Crippen molar-refractivity contribution >= 4 is 34.0 Å². The zero-order valence-corrected chi connectivity index (χ0v) is 10.5. The zero-order chi connectivity index (χ0) is 10.8. The lowest BCUT2D eigenvalue weighted by Gasteiger charge is -2.32. The molecular weight excluding hydrogens is 228 g/mol. The molecule has 5 heteroatoms. The maximum Gasteiger partial charge on any atom is 0.186 e. The number of hydrogen-bond acceptors (Lipinski definition) is 5. The van der Waals surface area contributed by atoms with Crippen molar-refractivity contribution in [3.05, 3.63) is 11.1 Å². The molecule has 0 aromatic carbocycles. The average Bonchev–Trinajstić information content (AvgIpc) is 2.67. The maximum absolute atomic E-state index is 11.2. The highest BCUT2D eigenvalue weighted by Gasteiger charge is 2.21. The Bertz CT molecular complexity index is 364. The van der Waals surface area contributed by atoms with Crippen LogP contribution >= 0.6 is 23.1 Å². The second kappa shape index (κ2) is 4.53. The number of thioether (sulfide) groups is 1.